The molecule has 1 aliphatic heterocycles. The number of carbonyl (C=O) groups is 1. The van der Waals surface area contributed by atoms with Crippen LogP contribution in [0.25, 0.3) is 0 Å². The number of hydrogen-bond acceptors (Lipinski definition) is 3. The van der Waals surface area contributed by atoms with E-state index in [0.717, 1.165) is 25.1 Å². The molecule has 0 aromatic heterocycles. The number of hydrogen-bond donors (Lipinski definition) is 2. The molecule has 1 amide bonds. The van der Waals surface area contributed by atoms with Gasteiger partial charge >= 0.3 is 0 Å². The summed E-state index contributed by atoms with van der Waals surface area (Å²) >= 11 is 0. The van der Waals surface area contributed by atoms with Crippen molar-refractivity contribution < 1.29 is 9.53 Å². The van der Waals surface area contributed by atoms with Crippen molar-refractivity contribution in [2.45, 2.75) is 20.3 Å². The second-order valence-corrected chi connectivity index (χ2v) is 4.75. The normalized spacial score (nSPS) is 24.4. The standard InChI is InChI=1S/C12H22N2O2/c1-10(2)8-16-7-6-14-11(15)12(3)4-5-13-9-12/h13H,1,4-9H2,2-3H3,(H,14,15). The molecule has 1 rings (SSSR count). The highest BCUT2D eigenvalue weighted by Crippen LogP contribution is 2.24. The molecule has 0 saturated carbocycles. The molecule has 0 radical (unpaired) electrons. The Kier molecular flexibility index (Phi) is 4.96. The van der Waals surface area contributed by atoms with E-state index in [0.29, 0.717) is 19.8 Å². The molecule has 1 aliphatic rings. The van der Waals surface area contributed by atoms with Crippen molar-refractivity contribution in [1.82, 2.24) is 10.6 Å². The van der Waals surface area contributed by atoms with Crippen molar-refractivity contribution in [2.24, 2.45) is 5.41 Å². The molecule has 16 heavy (non-hydrogen) atoms. The van der Waals surface area contributed by atoms with Crippen LogP contribution in [0.3, 0.4) is 0 Å². The summed E-state index contributed by atoms with van der Waals surface area (Å²) in [4.78, 5) is 11.8. The lowest BCUT2D eigenvalue weighted by atomic mass is 9.89. The van der Waals surface area contributed by atoms with Crippen molar-refractivity contribution >= 4 is 5.91 Å². The summed E-state index contributed by atoms with van der Waals surface area (Å²) in [6.07, 6.45) is 0.908. The molecule has 0 spiro atoms. The maximum absolute atomic E-state index is 11.8. The predicted molar refractivity (Wildman–Crippen MR) is 64.2 cm³/mol. The molecule has 2 N–H and O–H groups in total. The molecule has 1 heterocycles. The van der Waals surface area contributed by atoms with Crippen LogP contribution in [0.5, 0.6) is 0 Å². The second kappa shape index (κ2) is 6.01. The first-order valence-electron chi connectivity index (χ1n) is 5.76. The Morgan fingerprint density at radius 2 is 2.38 bits per heavy atom. The smallest absolute Gasteiger partial charge is 0.227 e. The highest BCUT2D eigenvalue weighted by Gasteiger charge is 2.35. The van der Waals surface area contributed by atoms with Crippen LogP contribution in [0.2, 0.25) is 0 Å². The van der Waals surface area contributed by atoms with Gasteiger partial charge in [-0.05, 0) is 26.8 Å². The molecule has 0 bridgehead atoms. The molecule has 1 saturated heterocycles. The van der Waals surface area contributed by atoms with Crippen LogP contribution >= 0.6 is 0 Å². The summed E-state index contributed by atoms with van der Waals surface area (Å²) in [6, 6.07) is 0. The van der Waals surface area contributed by atoms with Gasteiger partial charge < -0.3 is 15.4 Å². The molecule has 92 valence electrons. The van der Waals surface area contributed by atoms with Crippen LogP contribution in [0.15, 0.2) is 12.2 Å². The van der Waals surface area contributed by atoms with Gasteiger partial charge in [-0.1, -0.05) is 12.2 Å². The first kappa shape index (κ1) is 13.2. The van der Waals surface area contributed by atoms with Crippen LogP contribution in [0.1, 0.15) is 20.3 Å². The third kappa shape index (κ3) is 3.94. The lowest BCUT2D eigenvalue weighted by molar-refractivity contribution is -0.129. The molecule has 4 nitrogen and oxygen atoms in total. The van der Waals surface area contributed by atoms with E-state index in [2.05, 4.69) is 17.2 Å². The molecule has 4 heteroatoms. The van der Waals surface area contributed by atoms with Crippen LogP contribution in [-0.2, 0) is 9.53 Å². The summed E-state index contributed by atoms with van der Waals surface area (Å²) in [5.74, 6) is 0.122. The topological polar surface area (TPSA) is 50.4 Å². The summed E-state index contributed by atoms with van der Waals surface area (Å²) in [7, 11) is 0. The third-order valence-corrected chi connectivity index (χ3v) is 2.80. The van der Waals surface area contributed by atoms with Gasteiger partial charge in [-0.15, -0.1) is 0 Å². The van der Waals surface area contributed by atoms with Crippen molar-refractivity contribution in [1.29, 1.82) is 0 Å². The maximum Gasteiger partial charge on any atom is 0.227 e. The van der Waals surface area contributed by atoms with Crippen molar-refractivity contribution in [2.75, 3.05) is 32.8 Å². The van der Waals surface area contributed by atoms with Crippen molar-refractivity contribution in [3.8, 4) is 0 Å². The van der Waals surface area contributed by atoms with E-state index in [1.54, 1.807) is 0 Å². The van der Waals surface area contributed by atoms with E-state index >= 15 is 0 Å². The Morgan fingerprint density at radius 3 is 2.94 bits per heavy atom. The minimum atomic E-state index is -0.242. The van der Waals surface area contributed by atoms with E-state index in [1.165, 1.54) is 0 Å². The fourth-order valence-electron chi connectivity index (χ4n) is 1.71. The average molecular weight is 226 g/mol. The number of nitrogens with one attached hydrogen (secondary N) is 2. The minimum absolute atomic E-state index is 0.122. The Hall–Kier alpha value is -0.870. The summed E-state index contributed by atoms with van der Waals surface area (Å²) < 4.78 is 5.31. The molecule has 0 aliphatic carbocycles. The monoisotopic (exact) mass is 226 g/mol. The predicted octanol–water partition coefficient (Wildman–Crippen LogP) is 0.695. The first-order valence-corrected chi connectivity index (χ1v) is 5.76. The highest BCUT2D eigenvalue weighted by molar-refractivity contribution is 5.82. The van der Waals surface area contributed by atoms with Gasteiger partial charge in [-0.2, -0.15) is 0 Å². The summed E-state index contributed by atoms with van der Waals surface area (Å²) in [6.45, 7) is 11.0. The van der Waals surface area contributed by atoms with E-state index in [1.807, 2.05) is 13.8 Å². The molecule has 1 atom stereocenters. The quantitative estimate of drug-likeness (QED) is 0.517. The number of carbonyl (C=O) groups excluding carboxylic acids is 1. The van der Waals surface area contributed by atoms with E-state index in [-0.39, 0.29) is 11.3 Å². The van der Waals surface area contributed by atoms with E-state index < -0.39 is 0 Å². The fourth-order valence-corrected chi connectivity index (χ4v) is 1.71. The molecular formula is C12H22N2O2. The van der Waals surface area contributed by atoms with Crippen LogP contribution in [-0.4, -0.2) is 38.8 Å². The van der Waals surface area contributed by atoms with E-state index in [9.17, 15) is 4.79 Å². The molecule has 1 unspecified atom stereocenters. The largest absolute Gasteiger partial charge is 0.375 e. The average Bonchev–Trinajstić information content (AvgIpc) is 2.65. The molecule has 1 fully saturated rings. The van der Waals surface area contributed by atoms with Crippen LogP contribution in [0.4, 0.5) is 0 Å². The van der Waals surface area contributed by atoms with Gasteiger partial charge in [0.25, 0.3) is 0 Å². The summed E-state index contributed by atoms with van der Waals surface area (Å²) in [5, 5.41) is 6.11. The molecular weight excluding hydrogens is 204 g/mol. The van der Waals surface area contributed by atoms with Crippen LogP contribution in [0, 0.1) is 5.41 Å². The Morgan fingerprint density at radius 1 is 1.62 bits per heavy atom. The van der Waals surface area contributed by atoms with Gasteiger partial charge in [0.1, 0.15) is 0 Å². The number of amides is 1. The third-order valence-electron chi connectivity index (χ3n) is 2.80. The SMILES string of the molecule is C=C(C)COCCNC(=O)C1(C)CCNC1. The zero-order valence-corrected chi connectivity index (χ0v) is 10.3. The molecule has 0 aromatic carbocycles. The number of rotatable bonds is 6. The maximum atomic E-state index is 11.8. The lowest BCUT2D eigenvalue weighted by Gasteiger charge is -2.21. The number of ether oxygens (including phenoxy) is 1. The molecule has 0 aromatic rings. The lowest BCUT2D eigenvalue weighted by Crippen LogP contribution is -2.41. The summed E-state index contributed by atoms with van der Waals surface area (Å²) in [5.41, 5.74) is 0.757. The van der Waals surface area contributed by atoms with Gasteiger partial charge in [0, 0.05) is 13.1 Å². The Balaban J connectivity index is 2.13. The highest BCUT2D eigenvalue weighted by atomic mass is 16.5. The van der Waals surface area contributed by atoms with Crippen molar-refractivity contribution in [3.05, 3.63) is 12.2 Å². The zero-order chi connectivity index (χ0) is 12.0. The Labute approximate surface area is 97.4 Å². The first-order chi connectivity index (χ1) is 7.54. The van der Waals surface area contributed by atoms with Crippen molar-refractivity contribution in [3.63, 3.8) is 0 Å². The van der Waals surface area contributed by atoms with Gasteiger partial charge in [-0.25, -0.2) is 0 Å². The van der Waals surface area contributed by atoms with Gasteiger partial charge in [-0.3, -0.25) is 4.79 Å². The zero-order valence-electron chi connectivity index (χ0n) is 10.3. The van der Waals surface area contributed by atoms with E-state index in [4.69, 9.17) is 4.74 Å². The van der Waals surface area contributed by atoms with Crippen LogP contribution < -0.4 is 10.6 Å². The second-order valence-electron chi connectivity index (χ2n) is 4.75. The Bertz CT molecular complexity index is 258. The van der Waals surface area contributed by atoms with Gasteiger partial charge in [0.2, 0.25) is 5.91 Å². The minimum Gasteiger partial charge on any atom is -0.375 e. The van der Waals surface area contributed by atoms with Gasteiger partial charge in [0.15, 0.2) is 0 Å². The fraction of sp³-hybridized carbons (Fsp3) is 0.750. The van der Waals surface area contributed by atoms with Gasteiger partial charge in [0.05, 0.1) is 18.6 Å².